The molecule has 150 valence electrons. The fraction of sp³-hybridized carbons (Fsp3) is 0.900. The number of guanidine groups is 1. The number of piperidine rings is 1. The van der Waals surface area contributed by atoms with Crippen LogP contribution in [0, 0.1) is 11.3 Å². The summed E-state index contributed by atoms with van der Waals surface area (Å²) in [4.78, 5) is 20.8. The van der Waals surface area contributed by atoms with Crippen molar-refractivity contribution in [1.82, 2.24) is 15.1 Å². The number of nitrogens with zero attached hydrogens (tertiary/aromatic N) is 3. The molecule has 26 heavy (non-hydrogen) atoms. The van der Waals surface area contributed by atoms with Crippen molar-refractivity contribution in [2.75, 3.05) is 33.2 Å². The molecular weight excluding hydrogens is 328 g/mol. The van der Waals surface area contributed by atoms with Gasteiger partial charge in [-0.25, -0.2) is 4.79 Å². The van der Waals surface area contributed by atoms with Gasteiger partial charge in [-0.1, -0.05) is 13.8 Å². The molecule has 1 amide bonds. The van der Waals surface area contributed by atoms with Crippen molar-refractivity contribution >= 4 is 12.1 Å². The highest BCUT2D eigenvalue weighted by Gasteiger charge is 2.53. The Kier molecular flexibility index (Phi) is 5.83. The highest BCUT2D eigenvalue weighted by molar-refractivity contribution is 5.82. The molecular formula is C20H38N4O2. The molecule has 6 nitrogen and oxygen atoms in total. The van der Waals surface area contributed by atoms with Gasteiger partial charge in [-0.15, -0.1) is 0 Å². The third kappa shape index (κ3) is 4.44. The highest BCUT2D eigenvalue weighted by Crippen LogP contribution is 2.46. The topological polar surface area (TPSA) is 57.2 Å². The maximum absolute atomic E-state index is 12.2. The smallest absolute Gasteiger partial charge is 0.410 e. The van der Waals surface area contributed by atoms with Gasteiger partial charge in [0.2, 0.25) is 0 Å². The van der Waals surface area contributed by atoms with Crippen molar-refractivity contribution < 1.29 is 9.53 Å². The largest absolute Gasteiger partial charge is 0.444 e. The van der Waals surface area contributed by atoms with Crippen LogP contribution in [0.5, 0.6) is 0 Å². The van der Waals surface area contributed by atoms with E-state index in [1.54, 1.807) is 0 Å². The predicted molar refractivity (Wildman–Crippen MR) is 106 cm³/mol. The molecule has 0 aliphatic carbocycles. The molecule has 0 aromatic rings. The van der Waals surface area contributed by atoms with E-state index >= 15 is 0 Å². The quantitative estimate of drug-likeness (QED) is 0.602. The number of carbonyl (C=O) groups is 1. The fourth-order valence-electron chi connectivity index (χ4n) is 3.58. The molecule has 0 unspecified atom stereocenters. The summed E-state index contributed by atoms with van der Waals surface area (Å²) in [5.41, 5.74) is -0.0297. The number of hydrogen-bond acceptors (Lipinski definition) is 3. The Bertz CT molecular complexity index is 541. The lowest BCUT2D eigenvalue weighted by atomic mass is 9.65. The van der Waals surface area contributed by atoms with Gasteiger partial charge < -0.3 is 19.9 Å². The van der Waals surface area contributed by atoms with Gasteiger partial charge in [0, 0.05) is 44.2 Å². The number of nitrogens with one attached hydrogen (secondary N) is 1. The molecule has 0 atom stereocenters. The molecule has 2 heterocycles. The van der Waals surface area contributed by atoms with Gasteiger partial charge in [-0.3, -0.25) is 4.99 Å². The van der Waals surface area contributed by atoms with Crippen LogP contribution in [0.3, 0.4) is 0 Å². The molecule has 2 aliphatic heterocycles. The first-order valence-corrected chi connectivity index (χ1v) is 9.83. The Morgan fingerprint density at radius 2 is 1.77 bits per heavy atom. The lowest BCUT2D eigenvalue weighted by Gasteiger charge is -2.62. The summed E-state index contributed by atoms with van der Waals surface area (Å²) in [5.74, 6) is 1.55. The van der Waals surface area contributed by atoms with E-state index in [0.29, 0.717) is 11.3 Å². The highest BCUT2D eigenvalue weighted by atomic mass is 16.6. The van der Waals surface area contributed by atoms with E-state index in [-0.39, 0.29) is 11.6 Å². The molecule has 0 bridgehead atoms. The number of aliphatic imine (C=N–C) groups is 1. The number of likely N-dealkylation sites (tertiary alicyclic amines) is 2. The Hall–Kier alpha value is -1.46. The predicted octanol–water partition coefficient (Wildman–Crippen LogP) is 3.33. The third-order valence-electron chi connectivity index (χ3n) is 6.17. The van der Waals surface area contributed by atoms with E-state index in [4.69, 9.17) is 4.74 Å². The molecule has 2 fully saturated rings. The number of hydrogen-bond donors (Lipinski definition) is 1. The zero-order valence-corrected chi connectivity index (χ0v) is 18.0. The number of amides is 1. The molecule has 0 spiro atoms. The van der Waals surface area contributed by atoms with Crippen LogP contribution < -0.4 is 5.32 Å². The van der Waals surface area contributed by atoms with Crippen LogP contribution in [0.4, 0.5) is 4.79 Å². The summed E-state index contributed by atoms with van der Waals surface area (Å²) in [5, 5.41) is 3.56. The van der Waals surface area contributed by atoms with Crippen molar-refractivity contribution in [3.63, 3.8) is 0 Å². The minimum atomic E-state index is -0.431. The fourth-order valence-corrected chi connectivity index (χ4v) is 3.58. The van der Waals surface area contributed by atoms with Crippen molar-refractivity contribution in [3.8, 4) is 0 Å². The van der Waals surface area contributed by atoms with Crippen molar-refractivity contribution in [2.45, 2.75) is 72.4 Å². The first-order chi connectivity index (χ1) is 11.9. The minimum absolute atomic E-state index is 0.106. The van der Waals surface area contributed by atoms with E-state index in [9.17, 15) is 4.79 Å². The molecule has 6 heteroatoms. The zero-order chi connectivity index (χ0) is 19.8. The van der Waals surface area contributed by atoms with Gasteiger partial charge >= 0.3 is 6.09 Å². The molecule has 0 aromatic heterocycles. The van der Waals surface area contributed by atoms with E-state index in [1.807, 2.05) is 32.7 Å². The monoisotopic (exact) mass is 366 g/mol. The van der Waals surface area contributed by atoms with E-state index in [2.05, 4.69) is 42.9 Å². The molecule has 0 radical (unpaired) electrons. The summed E-state index contributed by atoms with van der Waals surface area (Å²) >= 11 is 0. The lowest BCUT2D eigenvalue weighted by molar-refractivity contribution is -0.0669. The van der Waals surface area contributed by atoms with E-state index in [1.165, 1.54) is 0 Å². The standard InChI is InChI=1S/C20H38N4O2/c1-18(2,3)26-17(25)23-11-9-15(10-12-23)13-22-16(21-8)24-14-19(4,5)20(24,6)7/h15H,9-14H2,1-8H3,(H,21,22). The normalized spacial score (nSPS) is 23.5. The Morgan fingerprint density at radius 1 is 1.19 bits per heavy atom. The first kappa shape index (κ1) is 20.8. The van der Waals surface area contributed by atoms with Gasteiger partial charge in [0.15, 0.2) is 5.96 Å². The van der Waals surface area contributed by atoms with Crippen LogP contribution >= 0.6 is 0 Å². The summed E-state index contributed by atoms with van der Waals surface area (Å²) < 4.78 is 5.47. The van der Waals surface area contributed by atoms with E-state index < -0.39 is 5.60 Å². The molecule has 0 aromatic carbocycles. The van der Waals surface area contributed by atoms with Gasteiger partial charge in [0.1, 0.15) is 5.60 Å². The average molecular weight is 367 g/mol. The number of rotatable bonds is 2. The molecule has 0 saturated carbocycles. The summed E-state index contributed by atoms with van der Waals surface area (Å²) in [6.45, 7) is 18.4. The van der Waals surface area contributed by atoms with Gasteiger partial charge in [0.05, 0.1) is 0 Å². The van der Waals surface area contributed by atoms with Crippen LogP contribution in [0.25, 0.3) is 0 Å². The second kappa shape index (κ2) is 7.28. The zero-order valence-electron chi connectivity index (χ0n) is 18.0. The Morgan fingerprint density at radius 3 is 2.19 bits per heavy atom. The van der Waals surface area contributed by atoms with Crippen molar-refractivity contribution in [3.05, 3.63) is 0 Å². The van der Waals surface area contributed by atoms with Crippen molar-refractivity contribution in [2.24, 2.45) is 16.3 Å². The lowest BCUT2D eigenvalue weighted by Crippen LogP contribution is -2.72. The summed E-state index contributed by atoms with van der Waals surface area (Å²) in [6.07, 6.45) is 1.81. The third-order valence-corrected chi connectivity index (χ3v) is 6.17. The van der Waals surface area contributed by atoms with E-state index in [0.717, 1.165) is 45.0 Å². The minimum Gasteiger partial charge on any atom is -0.444 e. The molecule has 2 aliphatic rings. The summed E-state index contributed by atoms with van der Waals surface area (Å²) in [7, 11) is 1.86. The van der Waals surface area contributed by atoms with Crippen molar-refractivity contribution in [1.29, 1.82) is 0 Å². The SMILES string of the molecule is CN=C(NCC1CCN(C(=O)OC(C)(C)C)CC1)N1CC(C)(C)C1(C)C. The Balaban J connectivity index is 1.79. The second-order valence-electron chi connectivity index (χ2n) is 9.87. The Labute approximate surface area is 159 Å². The van der Waals surface area contributed by atoms with Gasteiger partial charge in [-0.2, -0.15) is 0 Å². The van der Waals surface area contributed by atoms with Crippen LogP contribution in [-0.4, -0.2) is 66.2 Å². The van der Waals surface area contributed by atoms with Crippen LogP contribution in [0.15, 0.2) is 4.99 Å². The number of ether oxygens (including phenoxy) is 1. The second-order valence-corrected chi connectivity index (χ2v) is 9.87. The van der Waals surface area contributed by atoms with Gasteiger partial charge in [-0.05, 0) is 53.4 Å². The maximum Gasteiger partial charge on any atom is 0.410 e. The molecule has 1 N–H and O–H groups in total. The van der Waals surface area contributed by atoms with Crippen LogP contribution in [0.1, 0.15) is 61.3 Å². The first-order valence-electron chi connectivity index (χ1n) is 9.83. The maximum atomic E-state index is 12.2. The molecule has 2 rings (SSSR count). The van der Waals surface area contributed by atoms with Crippen LogP contribution in [-0.2, 0) is 4.74 Å². The molecule has 2 saturated heterocycles. The van der Waals surface area contributed by atoms with Gasteiger partial charge in [0.25, 0.3) is 0 Å². The average Bonchev–Trinajstić information content (AvgIpc) is 2.53. The summed E-state index contributed by atoms with van der Waals surface area (Å²) in [6, 6.07) is 0. The van der Waals surface area contributed by atoms with Crippen LogP contribution in [0.2, 0.25) is 0 Å². The number of carbonyl (C=O) groups excluding carboxylic acids is 1.